The maximum absolute atomic E-state index is 9.04. The van der Waals surface area contributed by atoms with Crippen molar-refractivity contribution in [1.29, 1.82) is 5.26 Å². The number of nitrogens with zero attached hydrogens (tertiary/aromatic N) is 3. The molecule has 2 rings (SSSR count). The van der Waals surface area contributed by atoms with Crippen LogP contribution in [0.25, 0.3) is 0 Å². The van der Waals surface area contributed by atoms with Crippen LogP contribution in [-0.4, -0.2) is 9.78 Å². The van der Waals surface area contributed by atoms with Gasteiger partial charge in [-0.2, -0.15) is 10.4 Å². The highest BCUT2D eigenvalue weighted by Crippen LogP contribution is 2.40. The van der Waals surface area contributed by atoms with Crippen molar-refractivity contribution in [1.82, 2.24) is 9.78 Å². The summed E-state index contributed by atoms with van der Waals surface area (Å²) < 4.78 is 2.02. The predicted octanol–water partition coefficient (Wildman–Crippen LogP) is 3.01. The molecule has 1 aliphatic carbocycles. The van der Waals surface area contributed by atoms with Crippen LogP contribution in [0.15, 0.2) is 12.4 Å². The summed E-state index contributed by atoms with van der Waals surface area (Å²) in [6.45, 7) is 4.23. The minimum atomic E-state index is -0.112. The largest absolute Gasteiger partial charge is 0.265 e. The third-order valence-electron chi connectivity index (χ3n) is 3.91. The first kappa shape index (κ1) is 11.2. The summed E-state index contributed by atoms with van der Waals surface area (Å²) >= 11 is 0. The van der Waals surface area contributed by atoms with Gasteiger partial charge in [0.25, 0.3) is 0 Å². The summed E-state index contributed by atoms with van der Waals surface area (Å²) in [6.07, 6.45) is 9.56. The Labute approximate surface area is 97.1 Å². The molecule has 1 aliphatic rings. The number of aromatic nitrogens is 2. The van der Waals surface area contributed by atoms with Gasteiger partial charge in [0, 0.05) is 6.20 Å². The SMILES string of the molecule is Cc1cnn(C(C)(CC#N)C2CCCC2)c1. The number of hydrogen-bond donors (Lipinski definition) is 0. The average Bonchev–Trinajstić information content (AvgIpc) is 2.87. The lowest BCUT2D eigenvalue weighted by molar-refractivity contribution is 0.177. The molecule has 1 atom stereocenters. The Hall–Kier alpha value is -1.30. The highest BCUT2D eigenvalue weighted by molar-refractivity contribution is 5.05. The van der Waals surface area contributed by atoms with E-state index in [1.165, 1.54) is 31.2 Å². The van der Waals surface area contributed by atoms with E-state index < -0.39 is 0 Å². The fraction of sp³-hybridized carbons (Fsp3) is 0.692. The molecule has 0 amide bonds. The van der Waals surface area contributed by atoms with E-state index in [4.69, 9.17) is 5.26 Å². The third-order valence-corrected chi connectivity index (χ3v) is 3.91. The molecule has 16 heavy (non-hydrogen) atoms. The number of rotatable bonds is 3. The number of aryl methyl sites for hydroxylation is 1. The van der Waals surface area contributed by atoms with E-state index in [-0.39, 0.29) is 5.54 Å². The van der Waals surface area contributed by atoms with Gasteiger partial charge in [-0.15, -0.1) is 0 Å². The van der Waals surface area contributed by atoms with E-state index in [9.17, 15) is 0 Å². The van der Waals surface area contributed by atoms with Crippen molar-refractivity contribution >= 4 is 0 Å². The molecule has 0 bridgehead atoms. The van der Waals surface area contributed by atoms with E-state index in [0.717, 1.165) is 0 Å². The van der Waals surface area contributed by atoms with Gasteiger partial charge in [-0.1, -0.05) is 12.8 Å². The predicted molar refractivity (Wildman–Crippen MR) is 62.8 cm³/mol. The Morgan fingerprint density at radius 3 is 2.75 bits per heavy atom. The highest BCUT2D eigenvalue weighted by Gasteiger charge is 2.38. The molecule has 0 saturated heterocycles. The summed E-state index contributed by atoms with van der Waals surface area (Å²) in [4.78, 5) is 0. The Bertz CT molecular complexity index is 396. The lowest BCUT2D eigenvalue weighted by atomic mass is 9.82. The van der Waals surface area contributed by atoms with Crippen molar-refractivity contribution in [3.63, 3.8) is 0 Å². The zero-order valence-electron chi connectivity index (χ0n) is 10.1. The van der Waals surface area contributed by atoms with Gasteiger partial charge < -0.3 is 0 Å². The summed E-state index contributed by atoms with van der Waals surface area (Å²) in [5, 5.41) is 13.5. The lowest BCUT2D eigenvalue weighted by Gasteiger charge is -2.34. The standard InChI is InChI=1S/C13H19N3/c1-11-9-15-16(10-11)13(2,7-8-14)12-5-3-4-6-12/h9-10,12H,3-7H2,1-2H3. The maximum atomic E-state index is 9.04. The quantitative estimate of drug-likeness (QED) is 0.781. The van der Waals surface area contributed by atoms with Crippen molar-refractivity contribution in [3.05, 3.63) is 18.0 Å². The smallest absolute Gasteiger partial charge is 0.0757 e. The van der Waals surface area contributed by atoms with Gasteiger partial charge in [0.05, 0.1) is 24.2 Å². The Balaban J connectivity index is 2.31. The van der Waals surface area contributed by atoms with Gasteiger partial charge in [0.2, 0.25) is 0 Å². The first-order valence-corrected chi connectivity index (χ1v) is 6.05. The fourth-order valence-electron chi connectivity index (χ4n) is 2.81. The van der Waals surface area contributed by atoms with Crippen molar-refractivity contribution in [2.24, 2.45) is 5.92 Å². The fourth-order valence-corrected chi connectivity index (χ4v) is 2.81. The topological polar surface area (TPSA) is 41.6 Å². The minimum absolute atomic E-state index is 0.112. The van der Waals surface area contributed by atoms with Crippen LogP contribution in [0.2, 0.25) is 0 Å². The number of hydrogen-bond acceptors (Lipinski definition) is 2. The molecular formula is C13H19N3. The molecule has 1 aromatic rings. The molecule has 0 aromatic carbocycles. The van der Waals surface area contributed by atoms with Crippen LogP contribution in [0.3, 0.4) is 0 Å². The zero-order chi connectivity index (χ0) is 11.6. The van der Waals surface area contributed by atoms with E-state index in [2.05, 4.69) is 24.3 Å². The first-order valence-electron chi connectivity index (χ1n) is 6.05. The normalized spacial score (nSPS) is 20.6. The van der Waals surface area contributed by atoms with E-state index >= 15 is 0 Å². The van der Waals surface area contributed by atoms with Crippen molar-refractivity contribution in [2.45, 2.75) is 51.5 Å². The molecule has 86 valence electrons. The molecule has 0 spiro atoms. The first-order chi connectivity index (χ1) is 7.66. The maximum Gasteiger partial charge on any atom is 0.0757 e. The molecule has 1 unspecified atom stereocenters. The molecular weight excluding hydrogens is 198 g/mol. The van der Waals surface area contributed by atoms with Gasteiger partial charge in [0.15, 0.2) is 0 Å². The van der Waals surface area contributed by atoms with Crippen LogP contribution in [0.1, 0.15) is 44.6 Å². The molecule has 1 fully saturated rings. The van der Waals surface area contributed by atoms with Crippen LogP contribution in [-0.2, 0) is 5.54 Å². The number of nitriles is 1. The monoisotopic (exact) mass is 217 g/mol. The van der Waals surface area contributed by atoms with Gasteiger partial charge in [-0.05, 0) is 38.2 Å². The molecule has 1 aromatic heterocycles. The van der Waals surface area contributed by atoms with Crippen molar-refractivity contribution < 1.29 is 0 Å². The average molecular weight is 217 g/mol. The lowest BCUT2D eigenvalue weighted by Crippen LogP contribution is -2.37. The van der Waals surface area contributed by atoms with Crippen molar-refractivity contribution in [3.8, 4) is 6.07 Å². The van der Waals surface area contributed by atoms with Crippen LogP contribution >= 0.6 is 0 Å². The minimum Gasteiger partial charge on any atom is -0.265 e. The Morgan fingerprint density at radius 2 is 2.25 bits per heavy atom. The van der Waals surface area contributed by atoms with Crippen LogP contribution in [0.4, 0.5) is 0 Å². The second-order valence-corrected chi connectivity index (χ2v) is 5.14. The second kappa shape index (κ2) is 4.29. The highest BCUT2D eigenvalue weighted by atomic mass is 15.3. The van der Waals surface area contributed by atoms with Gasteiger partial charge in [0.1, 0.15) is 0 Å². The van der Waals surface area contributed by atoms with Crippen molar-refractivity contribution in [2.75, 3.05) is 0 Å². The molecule has 0 N–H and O–H groups in total. The summed E-state index contributed by atoms with van der Waals surface area (Å²) in [6, 6.07) is 2.33. The van der Waals surface area contributed by atoms with Crippen LogP contribution in [0.5, 0.6) is 0 Å². The van der Waals surface area contributed by atoms with Crippen LogP contribution in [0, 0.1) is 24.2 Å². The summed E-state index contributed by atoms with van der Waals surface area (Å²) in [5.41, 5.74) is 1.06. The van der Waals surface area contributed by atoms with E-state index in [1.54, 1.807) is 0 Å². The van der Waals surface area contributed by atoms with E-state index in [0.29, 0.717) is 12.3 Å². The van der Waals surface area contributed by atoms with Gasteiger partial charge >= 0.3 is 0 Å². The van der Waals surface area contributed by atoms with Crippen LogP contribution < -0.4 is 0 Å². The summed E-state index contributed by atoms with van der Waals surface area (Å²) in [5.74, 6) is 0.603. The van der Waals surface area contributed by atoms with Gasteiger partial charge in [-0.3, -0.25) is 4.68 Å². The molecule has 1 saturated carbocycles. The second-order valence-electron chi connectivity index (χ2n) is 5.14. The Morgan fingerprint density at radius 1 is 1.56 bits per heavy atom. The zero-order valence-corrected chi connectivity index (χ0v) is 10.1. The Kier molecular flexibility index (Phi) is 3.00. The molecule has 1 heterocycles. The molecule has 3 nitrogen and oxygen atoms in total. The third kappa shape index (κ3) is 1.84. The van der Waals surface area contributed by atoms with Gasteiger partial charge in [-0.25, -0.2) is 0 Å². The molecule has 0 aliphatic heterocycles. The van der Waals surface area contributed by atoms with E-state index in [1.807, 2.05) is 17.8 Å². The summed E-state index contributed by atoms with van der Waals surface area (Å²) in [7, 11) is 0. The molecule has 3 heteroatoms. The molecule has 0 radical (unpaired) electrons.